The molecular weight excluding hydrogens is 814 g/mol. The maximum Gasteiger partial charge on any atom is 0.326 e. The van der Waals surface area contributed by atoms with Gasteiger partial charge >= 0.3 is 5.97 Å². The van der Waals surface area contributed by atoms with Crippen LogP contribution < -0.4 is 27.0 Å². The summed E-state index contributed by atoms with van der Waals surface area (Å²) in [6.07, 6.45) is -1.05. The SMILES string of the molecule is CC(C)[C@H](NC(=O)[C@@H](NC(=O)[C@@H](N)[C@@H](C)O)[C@@H](C)O)C(=O)N1CCC[C@H]1C(=O)N[C@H](C(=O)N[C@@H](C)C(=O)N1CCC[C@H]1C(=O)N1CCC[C@H]1C(=O)N1CCC[C@H]1C(=O)O)[C@@H](C)O. The van der Waals surface area contributed by atoms with Crippen LogP contribution in [0, 0.1) is 5.92 Å². The summed E-state index contributed by atoms with van der Waals surface area (Å²) in [5.41, 5.74) is 5.67. The number of aliphatic hydroxyl groups excluding tert-OH is 3. The zero-order chi connectivity index (χ0) is 46.3. The van der Waals surface area contributed by atoms with Crippen LogP contribution in [0.4, 0.5) is 0 Å². The Morgan fingerprint density at radius 1 is 0.500 bits per heavy atom. The Kier molecular flexibility index (Phi) is 17.2. The van der Waals surface area contributed by atoms with Crippen LogP contribution in [0.2, 0.25) is 0 Å². The van der Waals surface area contributed by atoms with Crippen LogP contribution in [0.1, 0.15) is 92.9 Å². The second kappa shape index (κ2) is 21.4. The van der Waals surface area contributed by atoms with Gasteiger partial charge in [0.2, 0.25) is 47.3 Å². The highest BCUT2D eigenvalue weighted by Gasteiger charge is 2.47. The van der Waals surface area contributed by atoms with E-state index in [1.807, 2.05) is 0 Å². The Bertz CT molecular complexity index is 1710. The number of hydrogen-bond donors (Lipinski definition) is 9. The standard InChI is InChI=1S/C40H65N9O13/c1-19(2)29(43-35(56)31(23(6)52)45-33(54)28(41)21(4)50)39(60)46-15-7-11-24(46)32(53)44-30(22(5)51)34(55)42-20(3)36(57)47-16-8-12-25(47)37(58)48-17-9-13-26(48)38(59)49-18-10-14-27(49)40(61)62/h19-31,50-52H,7-18,41H2,1-6H3,(H,42,55)(H,43,56)(H,44,53)(H,45,54)(H,61,62)/t20-,21+,22+,23+,24-,25-,26-,27-,28-,29-,30-,31-/m0/s1. The molecule has 10 N–H and O–H groups in total. The number of carbonyl (C=O) groups is 9. The van der Waals surface area contributed by atoms with Crippen molar-refractivity contribution in [2.75, 3.05) is 26.2 Å². The minimum atomic E-state index is -1.58. The van der Waals surface area contributed by atoms with Crippen molar-refractivity contribution in [3.05, 3.63) is 0 Å². The lowest BCUT2D eigenvalue weighted by molar-refractivity contribution is -0.153. The molecular formula is C40H65N9O13. The van der Waals surface area contributed by atoms with E-state index in [9.17, 15) is 63.6 Å². The van der Waals surface area contributed by atoms with Crippen LogP contribution in [0.5, 0.6) is 0 Å². The molecule has 0 aromatic heterocycles. The molecule has 0 aliphatic carbocycles. The van der Waals surface area contributed by atoms with E-state index < -0.39 is 132 Å². The number of amides is 8. The van der Waals surface area contributed by atoms with E-state index in [2.05, 4.69) is 21.3 Å². The molecule has 4 aliphatic rings. The molecule has 348 valence electrons. The number of carboxylic acids is 1. The lowest BCUT2D eigenvalue weighted by atomic mass is 10.0. The maximum atomic E-state index is 13.9. The van der Waals surface area contributed by atoms with Crippen LogP contribution in [-0.4, -0.2) is 192 Å². The van der Waals surface area contributed by atoms with Gasteiger partial charge in [0, 0.05) is 26.2 Å². The second-order valence-electron chi connectivity index (χ2n) is 17.3. The average Bonchev–Trinajstić information content (AvgIpc) is 4.05. The van der Waals surface area contributed by atoms with Crippen molar-refractivity contribution in [2.24, 2.45) is 11.7 Å². The summed E-state index contributed by atoms with van der Waals surface area (Å²) in [7, 11) is 0. The number of likely N-dealkylation sites (tertiary alicyclic amines) is 4. The van der Waals surface area contributed by atoms with Gasteiger partial charge in [-0.3, -0.25) is 38.4 Å². The summed E-state index contributed by atoms with van der Waals surface area (Å²) in [5, 5.41) is 50.1. The highest BCUT2D eigenvalue weighted by atomic mass is 16.4. The summed E-state index contributed by atoms with van der Waals surface area (Å²) in [6.45, 7) is 9.30. The number of rotatable bonds is 17. The molecule has 0 bridgehead atoms. The first-order valence-electron chi connectivity index (χ1n) is 21.5. The molecule has 0 saturated carbocycles. The summed E-state index contributed by atoms with van der Waals surface area (Å²) < 4.78 is 0. The van der Waals surface area contributed by atoms with Crippen molar-refractivity contribution >= 4 is 53.2 Å². The zero-order valence-electron chi connectivity index (χ0n) is 36.3. The molecule has 0 unspecified atom stereocenters. The van der Waals surface area contributed by atoms with E-state index in [0.717, 1.165) is 0 Å². The van der Waals surface area contributed by atoms with Gasteiger partial charge in [-0.25, -0.2) is 4.79 Å². The van der Waals surface area contributed by atoms with Crippen LogP contribution in [-0.2, 0) is 43.2 Å². The van der Waals surface area contributed by atoms with E-state index in [1.165, 1.54) is 47.3 Å². The Hall–Kier alpha value is -4.93. The molecule has 4 heterocycles. The average molecular weight is 880 g/mol. The summed E-state index contributed by atoms with van der Waals surface area (Å²) in [6, 6.07) is -10.8. The number of carboxylic acid groups (broad SMARTS) is 1. The van der Waals surface area contributed by atoms with Crippen molar-refractivity contribution in [1.29, 1.82) is 0 Å². The third-order valence-electron chi connectivity index (χ3n) is 12.2. The number of hydrogen-bond acceptors (Lipinski definition) is 13. The lowest BCUT2D eigenvalue weighted by Crippen LogP contribution is -2.62. The fourth-order valence-corrected chi connectivity index (χ4v) is 8.62. The number of carbonyl (C=O) groups excluding carboxylic acids is 8. The molecule has 4 aliphatic heterocycles. The van der Waals surface area contributed by atoms with Crippen LogP contribution in [0.3, 0.4) is 0 Å². The van der Waals surface area contributed by atoms with E-state index in [-0.39, 0.29) is 32.6 Å². The number of nitrogens with one attached hydrogen (secondary N) is 4. The Labute approximate surface area is 360 Å². The van der Waals surface area contributed by atoms with E-state index in [4.69, 9.17) is 5.73 Å². The topological polar surface area (TPSA) is 322 Å². The number of nitrogens with two attached hydrogens (primary N) is 1. The number of aliphatic hydroxyl groups is 3. The van der Waals surface area contributed by atoms with Gasteiger partial charge in [0.15, 0.2) is 0 Å². The molecule has 12 atom stereocenters. The zero-order valence-corrected chi connectivity index (χ0v) is 36.3. The molecule has 22 heteroatoms. The minimum Gasteiger partial charge on any atom is -0.480 e. The van der Waals surface area contributed by atoms with Crippen LogP contribution in [0.25, 0.3) is 0 Å². The van der Waals surface area contributed by atoms with Crippen molar-refractivity contribution in [1.82, 2.24) is 40.9 Å². The molecule has 4 rings (SSSR count). The predicted octanol–water partition coefficient (Wildman–Crippen LogP) is -3.88. The molecule has 4 saturated heterocycles. The van der Waals surface area contributed by atoms with Gasteiger partial charge < -0.3 is 67.0 Å². The Morgan fingerprint density at radius 2 is 0.903 bits per heavy atom. The smallest absolute Gasteiger partial charge is 0.326 e. The van der Waals surface area contributed by atoms with Gasteiger partial charge in [-0.2, -0.15) is 0 Å². The molecule has 4 fully saturated rings. The molecule has 62 heavy (non-hydrogen) atoms. The number of nitrogens with zero attached hydrogens (tertiary/aromatic N) is 4. The Balaban J connectivity index is 1.39. The molecule has 0 aromatic carbocycles. The van der Waals surface area contributed by atoms with Gasteiger partial charge in [-0.15, -0.1) is 0 Å². The monoisotopic (exact) mass is 879 g/mol. The van der Waals surface area contributed by atoms with E-state index in [1.54, 1.807) is 13.8 Å². The predicted molar refractivity (Wildman–Crippen MR) is 218 cm³/mol. The fraction of sp³-hybridized carbons (Fsp3) is 0.775. The Morgan fingerprint density at radius 3 is 1.39 bits per heavy atom. The first kappa shape index (κ1) is 49.7. The van der Waals surface area contributed by atoms with Crippen molar-refractivity contribution in [2.45, 2.75) is 166 Å². The van der Waals surface area contributed by atoms with Crippen molar-refractivity contribution in [3.63, 3.8) is 0 Å². The lowest BCUT2D eigenvalue weighted by Gasteiger charge is -2.34. The second-order valence-corrected chi connectivity index (χ2v) is 17.3. The fourth-order valence-electron chi connectivity index (χ4n) is 8.62. The first-order valence-corrected chi connectivity index (χ1v) is 21.5. The molecule has 0 radical (unpaired) electrons. The molecule has 22 nitrogen and oxygen atoms in total. The van der Waals surface area contributed by atoms with E-state index in [0.29, 0.717) is 44.9 Å². The van der Waals surface area contributed by atoms with Crippen LogP contribution >= 0.6 is 0 Å². The third kappa shape index (κ3) is 11.4. The van der Waals surface area contributed by atoms with Gasteiger partial charge in [0.25, 0.3) is 0 Å². The normalized spacial score (nSPS) is 25.3. The van der Waals surface area contributed by atoms with Crippen LogP contribution in [0.15, 0.2) is 0 Å². The third-order valence-corrected chi connectivity index (χ3v) is 12.2. The molecule has 0 spiro atoms. The minimum absolute atomic E-state index is 0.107. The van der Waals surface area contributed by atoms with Crippen molar-refractivity contribution in [3.8, 4) is 0 Å². The molecule has 0 aromatic rings. The largest absolute Gasteiger partial charge is 0.480 e. The summed E-state index contributed by atoms with van der Waals surface area (Å²) in [4.78, 5) is 125. The summed E-state index contributed by atoms with van der Waals surface area (Å²) in [5.74, 6) is -7.28. The number of aliphatic carboxylic acids is 1. The maximum absolute atomic E-state index is 13.9. The molecule has 8 amide bonds. The van der Waals surface area contributed by atoms with Crippen molar-refractivity contribution < 1.29 is 63.6 Å². The van der Waals surface area contributed by atoms with Gasteiger partial charge in [0.05, 0.1) is 18.3 Å². The quantitative estimate of drug-likeness (QED) is 0.0676. The summed E-state index contributed by atoms with van der Waals surface area (Å²) >= 11 is 0. The highest BCUT2D eigenvalue weighted by molar-refractivity contribution is 5.98. The first-order chi connectivity index (χ1) is 29.1. The van der Waals surface area contributed by atoms with Gasteiger partial charge in [-0.05, 0) is 85.0 Å². The highest BCUT2D eigenvalue weighted by Crippen LogP contribution is 2.29. The van der Waals surface area contributed by atoms with E-state index >= 15 is 0 Å². The van der Waals surface area contributed by atoms with Gasteiger partial charge in [-0.1, -0.05) is 13.8 Å². The van der Waals surface area contributed by atoms with Gasteiger partial charge in [0.1, 0.15) is 54.4 Å².